The molecule has 0 bridgehead atoms. The first kappa shape index (κ1) is 20.1. The van der Waals surface area contributed by atoms with Gasteiger partial charge in [-0.2, -0.15) is 0 Å². The van der Waals surface area contributed by atoms with Crippen molar-refractivity contribution >= 4 is 7.25 Å². The van der Waals surface area contributed by atoms with Gasteiger partial charge in [0.1, 0.15) is 0 Å². The van der Waals surface area contributed by atoms with Crippen molar-refractivity contribution in [3.05, 3.63) is 56.2 Å². The molecule has 106 valence electrons. The van der Waals surface area contributed by atoms with E-state index in [1.165, 1.54) is 0 Å². The van der Waals surface area contributed by atoms with Crippen molar-refractivity contribution in [1.82, 2.24) is 9.97 Å². The summed E-state index contributed by atoms with van der Waals surface area (Å²) in [4.78, 5) is 8.37. The molecule has 0 fully saturated rings. The second-order valence-corrected chi connectivity index (χ2v) is 2.92. The molecule has 0 aliphatic rings. The van der Waals surface area contributed by atoms with Crippen LogP contribution < -0.4 is 0 Å². The van der Waals surface area contributed by atoms with Crippen LogP contribution in [-0.2, 0) is 20.4 Å². The summed E-state index contributed by atoms with van der Waals surface area (Å²) in [5.41, 5.74) is 1.83. The summed E-state index contributed by atoms with van der Waals surface area (Å²) in [6.45, 7) is 0. The smallest absolute Gasteiger partial charge is 0.418 e. The molecule has 0 atom stereocenters. The number of hydrogen-bond acceptors (Lipinski definition) is 2. The van der Waals surface area contributed by atoms with E-state index in [2.05, 4.69) is 9.97 Å². The van der Waals surface area contributed by atoms with Gasteiger partial charge in [0.15, 0.2) is 0 Å². The monoisotopic (exact) mass is 364 g/mol. The third kappa shape index (κ3) is 10.4. The molecule has 0 aliphatic carbocycles. The molecule has 2 nitrogen and oxygen atoms in total. The predicted octanol–water partition coefficient (Wildman–Crippen LogP) is 3.89. The minimum atomic E-state index is -6.00. The summed E-state index contributed by atoms with van der Waals surface area (Å²) in [6, 6.07) is 11.6. The van der Waals surface area contributed by atoms with Crippen LogP contribution in [0.3, 0.4) is 0 Å². The van der Waals surface area contributed by atoms with Gasteiger partial charge in [-0.1, -0.05) is 12.1 Å². The number of hydrogen-bond donors (Lipinski definition) is 0. The van der Waals surface area contributed by atoms with Gasteiger partial charge in [-0.05, 0) is 24.3 Å². The molecule has 0 unspecified atom stereocenters. The van der Waals surface area contributed by atoms with Crippen molar-refractivity contribution in [3.8, 4) is 11.4 Å². The Kier molecular flexibility index (Phi) is 10.2. The zero-order chi connectivity index (χ0) is 12.7. The van der Waals surface area contributed by atoms with Gasteiger partial charge in [0.05, 0.1) is 11.4 Å². The summed E-state index contributed by atoms with van der Waals surface area (Å²) < 4.78 is 39.0. The molecular formula is C11H11BF4N2Pd. The van der Waals surface area contributed by atoms with Gasteiger partial charge in [-0.3, -0.25) is 9.97 Å². The molecule has 2 aromatic heterocycles. The Morgan fingerprint density at radius 1 is 0.737 bits per heavy atom. The molecule has 0 saturated carbocycles. The van der Waals surface area contributed by atoms with Crippen LogP contribution in [0.4, 0.5) is 17.3 Å². The van der Waals surface area contributed by atoms with Crippen LogP contribution in [-0.4, -0.2) is 17.2 Å². The van der Waals surface area contributed by atoms with Crippen molar-refractivity contribution in [1.29, 1.82) is 0 Å². The molecule has 2 aromatic rings. The van der Waals surface area contributed by atoms with E-state index in [1.807, 2.05) is 36.4 Å². The Labute approximate surface area is 123 Å². The first-order chi connectivity index (χ1) is 7.97. The van der Waals surface area contributed by atoms with Crippen LogP contribution in [0, 0.1) is 7.43 Å². The van der Waals surface area contributed by atoms with Crippen LogP contribution >= 0.6 is 0 Å². The molecule has 8 heteroatoms. The maximum Gasteiger partial charge on any atom is 2.00 e. The average molecular weight is 364 g/mol. The normalized spacial score (nSPS) is 9.26. The van der Waals surface area contributed by atoms with Crippen LogP contribution in [0.1, 0.15) is 0 Å². The molecule has 19 heavy (non-hydrogen) atoms. The van der Waals surface area contributed by atoms with Crippen molar-refractivity contribution in [2.24, 2.45) is 0 Å². The van der Waals surface area contributed by atoms with E-state index in [0.717, 1.165) is 11.4 Å². The predicted molar refractivity (Wildman–Crippen MR) is 64.1 cm³/mol. The third-order valence-electron chi connectivity index (χ3n) is 1.59. The summed E-state index contributed by atoms with van der Waals surface area (Å²) in [7, 11) is -6.00. The first-order valence-electron chi connectivity index (χ1n) is 4.66. The van der Waals surface area contributed by atoms with Gasteiger partial charge in [-0.15, -0.1) is 0 Å². The SMILES string of the molecule is F[B-](F)(F)F.[CH3-].[Pd+2].c1ccc(-c2ccccn2)nc1. The Balaban J connectivity index is 0. The summed E-state index contributed by atoms with van der Waals surface area (Å²) in [5, 5.41) is 0. The van der Waals surface area contributed by atoms with Gasteiger partial charge in [-0.25, -0.2) is 0 Å². The van der Waals surface area contributed by atoms with Crippen molar-refractivity contribution in [2.45, 2.75) is 0 Å². The maximum absolute atomic E-state index is 9.75. The van der Waals surface area contributed by atoms with E-state index < -0.39 is 7.25 Å². The Hall–Kier alpha value is -1.25. The maximum atomic E-state index is 9.75. The Morgan fingerprint density at radius 2 is 1.05 bits per heavy atom. The largest absolute Gasteiger partial charge is 2.00 e. The second kappa shape index (κ2) is 9.65. The minimum Gasteiger partial charge on any atom is -0.418 e. The van der Waals surface area contributed by atoms with Crippen LogP contribution in [0.2, 0.25) is 0 Å². The fraction of sp³-hybridized carbons (Fsp3) is 0. The first-order valence-corrected chi connectivity index (χ1v) is 4.66. The van der Waals surface area contributed by atoms with Crippen LogP contribution in [0.5, 0.6) is 0 Å². The van der Waals surface area contributed by atoms with Crippen LogP contribution in [0.15, 0.2) is 48.8 Å². The molecule has 0 saturated heterocycles. The fourth-order valence-electron chi connectivity index (χ4n) is 1.03. The van der Waals surface area contributed by atoms with Crippen molar-refractivity contribution in [3.63, 3.8) is 0 Å². The number of pyridine rings is 2. The summed E-state index contributed by atoms with van der Waals surface area (Å²) in [6.07, 6.45) is 3.54. The fourth-order valence-corrected chi connectivity index (χ4v) is 1.03. The summed E-state index contributed by atoms with van der Waals surface area (Å²) in [5.74, 6) is 0. The number of nitrogens with zero attached hydrogens (tertiary/aromatic N) is 2. The molecular weight excluding hydrogens is 353 g/mol. The summed E-state index contributed by atoms with van der Waals surface area (Å²) >= 11 is 0. The molecule has 0 radical (unpaired) electrons. The van der Waals surface area contributed by atoms with Gasteiger partial charge >= 0.3 is 27.7 Å². The molecule has 0 spiro atoms. The van der Waals surface area contributed by atoms with Crippen molar-refractivity contribution in [2.75, 3.05) is 0 Å². The van der Waals surface area contributed by atoms with E-state index in [4.69, 9.17) is 0 Å². The third-order valence-corrected chi connectivity index (χ3v) is 1.59. The van der Waals surface area contributed by atoms with Crippen LogP contribution in [0.25, 0.3) is 11.4 Å². The minimum absolute atomic E-state index is 0. The molecule has 0 aliphatic heterocycles. The van der Waals surface area contributed by atoms with E-state index >= 15 is 0 Å². The van der Waals surface area contributed by atoms with Gasteiger partial charge in [0, 0.05) is 12.4 Å². The van der Waals surface area contributed by atoms with Gasteiger partial charge in [0.25, 0.3) is 0 Å². The topological polar surface area (TPSA) is 25.8 Å². The number of aromatic nitrogens is 2. The Morgan fingerprint density at radius 3 is 1.26 bits per heavy atom. The zero-order valence-electron chi connectivity index (χ0n) is 9.92. The van der Waals surface area contributed by atoms with E-state index in [0.29, 0.717) is 0 Å². The van der Waals surface area contributed by atoms with Crippen molar-refractivity contribution < 1.29 is 37.7 Å². The molecule has 0 N–H and O–H groups in total. The standard InChI is InChI=1S/C10H8N2.CH3.BF4.Pd/c1-3-7-11-9(5-1)10-6-2-4-8-12-10;;2-1(3,4)5;/h1-8H;1H3;;/q;2*-1;+2. The van der Waals surface area contributed by atoms with E-state index in [1.54, 1.807) is 12.4 Å². The van der Waals surface area contributed by atoms with E-state index in [-0.39, 0.29) is 27.8 Å². The van der Waals surface area contributed by atoms with E-state index in [9.17, 15) is 17.3 Å². The Bertz CT molecular complexity index is 396. The molecule has 0 amide bonds. The number of halogens is 4. The van der Waals surface area contributed by atoms with Gasteiger partial charge < -0.3 is 24.7 Å². The molecule has 0 aromatic carbocycles. The molecule has 2 heterocycles. The van der Waals surface area contributed by atoms with Gasteiger partial charge in [0.2, 0.25) is 0 Å². The molecule has 2 rings (SSSR count). The average Bonchev–Trinajstić information content (AvgIpc) is 2.29. The zero-order valence-corrected chi connectivity index (χ0v) is 11.5. The quantitative estimate of drug-likeness (QED) is 0.436. The number of rotatable bonds is 1. The second-order valence-electron chi connectivity index (χ2n) is 2.92.